The van der Waals surface area contributed by atoms with Crippen molar-refractivity contribution in [3.8, 4) is 22.5 Å². The van der Waals surface area contributed by atoms with Crippen molar-refractivity contribution >= 4 is 43.7 Å². The van der Waals surface area contributed by atoms with Crippen molar-refractivity contribution in [2.24, 2.45) is 0 Å². The number of para-hydroxylation sites is 3. The lowest BCUT2D eigenvalue weighted by molar-refractivity contribution is 0.669. The third kappa shape index (κ3) is 2.83. The van der Waals surface area contributed by atoms with E-state index < -0.39 is 0 Å². The summed E-state index contributed by atoms with van der Waals surface area (Å²) in [7, 11) is 0. The number of aromatic nitrogens is 2. The molecule has 2 heterocycles. The van der Waals surface area contributed by atoms with Gasteiger partial charge >= 0.3 is 0 Å². The second-order valence-corrected chi connectivity index (χ2v) is 8.25. The van der Waals surface area contributed by atoms with Gasteiger partial charge in [-0.3, -0.25) is 0 Å². The molecule has 0 amide bonds. The molecule has 2 aromatic heterocycles. The van der Waals surface area contributed by atoms with Crippen LogP contribution >= 0.6 is 0 Å². The van der Waals surface area contributed by atoms with Gasteiger partial charge in [-0.25, -0.2) is 9.97 Å². The SMILES string of the molecule is c1ccc(-c2nc3ccccc3nc2-c2cccc3cc4c(cc23)oc2ccccc24)cc1. The molecule has 5 aromatic carbocycles. The van der Waals surface area contributed by atoms with Gasteiger partial charge in [0.2, 0.25) is 0 Å². The third-order valence-corrected chi connectivity index (χ3v) is 6.25. The molecular weight excluding hydrogens is 404 g/mol. The van der Waals surface area contributed by atoms with Gasteiger partial charge in [-0.1, -0.05) is 78.9 Å². The second kappa shape index (κ2) is 7.01. The highest BCUT2D eigenvalue weighted by atomic mass is 16.3. The fourth-order valence-corrected chi connectivity index (χ4v) is 4.69. The van der Waals surface area contributed by atoms with Gasteiger partial charge < -0.3 is 4.42 Å². The summed E-state index contributed by atoms with van der Waals surface area (Å²) >= 11 is 0. The van der Waals surface area contributed by atoms with Gasteiger partial charge in [0, 0.05) is 21.9 Å². The first-order valence-corrected chi connectivity index (χ1v) is 11.0. The Labute approximate surface area is 190 Å². The number of hydrogen-bond donors (Lipinski definition) is 0. The zero-order chi connectivity index (χ0) is 21.8. The Morgan fingerprint density at radius 2 is 1.21 bits per heavy atom. The summed E-state index contributed by atoms with van der Waals surface area (Å²) < 4.78 is 6.20. The van der Waals surface area contributed by atoms with Crippen LogP contribution in [0.15, 0.2) is 114 Å². The molecule has 0 aliphatic carbocycles. The van der Waals surface area contributed by atoms with Crippen molar-refractivity contribution in [3.63, 3.8) is 0 Å². The molecule has 0 bridgehead atoms. The number of furan rings is 1. The van der Waals surface area contributed by atoms with Gasteiger partial charge in [0.25, 0.3) is 0 Å². The summed E-state index contributed by atoms with van der Waals surface area (Å²) in [5, 5.41) is 4.52. The Kier molecular flexibility index (Phi) is 3.84. The average molecular weight is 422 g/mol. The lowest BCUT2D eigenvalue weighted by atomic mass is 9.97. The molecule has 3 heteroatoms. The number of fused-ring (bicyclic) bond motifs is 5. The first-order chi connectivity index (χ1) is 16.3. The van der Waals surface area contributed by atoms with Gasteiger partial charge in [0.05, 0.1) is 22.4 Å². The Balaban J connectivity index is 1.58. The molecule has 0 N–H and O–H groups in total. The van der Waals surface area contributed by atoms with E-state index in [0.717, 1.165) is 66.3 Å². The maximum atomic E-state index is 6.20. The maximum Gasteiger partial charge on any atom is 0.136 e. The molecule has 0 fully saturated rings. The van der Waals surface area contributed by atoms with Crippen LogP contribution in [0.5, 0.6) is 0 Å². The predicted octanol–water partition coefficient (Wildman–Crippen LogP) is 8.02. The lowest BCUT2D eigenvalue weighted by Gasteiger charge is -2.13. The molecule has 0 unspecified atom stereocenters. The molecule has 0 aliphatic rings. The fraction of sp³-hybridized carbons (Fsp3) is 0. The number of hydrogen-bond acceptors (Lipinski definition) is 3. The van der Waals surface area contributed by atoms with Gasteiger partial charge in [0.15, 0.2) is 0 Å². The molecule has 0 radical (unpaired) electrons. The van der Waals surface area contributed by atoms with Crippen LogP contribution in [0.4, 0.5) is 0 Å². The summed E-state index contributed by atoms with van der Waals surface area (Å²) in [6.07, 6.45) is 0. The van der Waals surface area contributed by atoms with E-state index >= 15 is 0 Å². The first-order valence-electron chi connectivity index (χ1n) is 11.0. The van der Waals surface area contributed by atoms with Crippen molar-refractivity contribution < 1.29 is 4.42 Å². The van der Waals surface area contributed by atoms with E-state index in [9.17, 15) is 0 Å². The molecule has 0 saturated heterocycles. The molecule has 3 nitrogen and oxygen atoms in total. The molecule has 7 aromatic rings. The van der Waals surface area contributed by atoms with E-state index in [4.69, 9.17) is 14.4 Å². The van der Waals surface area contributed by atoms with Gasteiger partial charge in [-0.15, -0.1) is 0 Å². The van der Waals surface area contributed by atoms with Crippen molar-refractivity contribution in [2.45, 2.75) is 0 Å². The van der Waals surface area contributed by atoms with E-state index in [-0.39, 0.29) is 0 Å². The minimum Gasteiger partial charge on any atom is -0.456 e. The Morgan fingerprint density at radius 3 is 2.06 bits per heavy atom. The van der Waals surface area contributed by atoms with Crippen molar-refractivity contribution in [3.05, 3.63) is 109 Å². The predicted molar refractivity (Wildman–Crippen MR) is 135 cm³/mol. The standard InChI is InChI=1S/C30H18N2O/c1-2-9-19(10-3-1)29-30(32-26-15-6-5-14-25(26)31-29)22-13-8-11-20-17-24-21-12-4-7-16-27(21)33-28(24)18-23(20)22/h1-18H. The molecule has 0 aliphatic heterocycles. The van der Waals surface area contributed by atoms with Gasteiger partial charge in [-0.2, -0.15) is 0 Å². The molecule has 7 rings (SSSR count). The zero-order valence-corrected chi connectivity index (χ0v) is 17.7. The Bertz CT molecular complexity index is 1820. The minimum atomic E-state index is 0.876. The van der Waals surface area contributed by atoms with Crippen molar-refractivity contribution in [1.82, 2.24) is 9.97 Å². The quantitative estimate of drug-likeness (QED) is 0.283. The summed E-state index contributed by atoms with van der Waals surface area (Å²) in [5.41, 5.74) is 7.41. The highest BCUT2D eigenvalue weighted by molar-refractivity contribution is 6.12. The summed E-state index contributed by atoms with van der Waals surface area (Å²) in [5.74, 6) is 0. The lowest BCUT2D eigenvalue weighted by Crippen LogP contribution is -1.96. The molecular formula is C30H18N2O. The van der Waals surface area contributed by atoms with Crippen LogP contribution in [0.3, 0.4) is 0 Å². The first kappa shape index (κ1) is 18.1. The van der Waals surface area contributed by atoms with E-state index in [0.29, 0.717) is 0 Å². The highest BCUT2D eigenvalue weighted by Gasteiger charge is 2.17. The second-order valence-electron chi connectivity index (χ2n) is 8.25. The Morgan fingerprint density at radius 1 is 0.485 bits per heavy atom. The van der Waals surface area contributed by atoms with Gasteiger partial charge in [-0.05, 0) is 41.1 Å². The van der Waals surface area contributed by atoms with E-state index in [2.05, 4.69) is 54.6 Å². The third-order valence-electron chi connectivity index (χ3n) is 6.25. The van der Waals surface area contributed by atoms with Crippen molar-refractivity contribution in [1.29, 1.82) is 0 Å². The van der Waals surface area contributed by atoms with Crippen LogP contribution in [0.2, 0.25) is 0 Å². The van der Waals surface area contributed by atoms with Crippen LogP contribution in [0.1, 0.15) is 0 Å². The van der Waals surface area contributed by atoms with Gasteiger partial charge in [0.1, 0.15) is 11.2 Å². The summed E-state index contributed by atoms with van der Waals surface area (Å²) in [4.78, 5) is 10.1. The van der Waals surface area contributed by atoms with Crippen molar-refractivity contribution in [2.75, 3.05) is 0 Å². The summed E-state index contributed by atoms with van der Waals surface area (Å²) in [6, 6.07) is 37.2. The van der Waals surface area contributed by atoms with E-state index in [1.165, 1.54) is 0 Å². The highest BCUT2D eigenvalue weighted by Crippen LogP contribution is 2.38. The van der Waals surface area contributed by atoms with E-state index in [1.807, 2.05) is 54.6 Å². The maximum absolute atomic E-state index is 6.20. The van der Waals surface area contributed by atoms with Crippen LogP contribution in [-0.2, 0) is 0 Å². The molecule has 0 atom stereocenters. The monoisotopic (exact) mass is 422 g/mol. The smallest absolute Gasteiger partial charge is 0.136 e. The number of benzene rings is 5. The van der Waals surface area contributed by atoms with Crippen LogP contribution in [-0.4, -0.2) is 9.97 Å². The van der Waals surface area contributed by atoms with Crippen LogP contribution < -0.4 is 0 Å². The average Bonchev–Trinajstić information content (AvgIpc) is 3.24. The topological polar surface area (TPSA) is 38.9 Å². The normalized spacial score (nSPS) is 11.6. The Hall–Kier alpha value is -4.50. The molecule has 0 saturated carbocycles. The van der Waals surface area contributed by atoms with Crippen LogP contribution in [0.25, 0.3) is 66.3 Å². The van der Waals surface area contributed by atoms with Crippen LogP contribution in [0, 0.1) is 0 Å². The fourth-order valence-electron chi connectivity index (χ4n) is 4.69. The summed E-state index contributed by atoms with van der Waals surface area (Å²) in [6.45, 7) is 0. The minimum absolute atomic E-state index is 0.876. The largest absolute Gasteiger partial charge is 0.456 e. The number of rotatable bonds is 2. The molecule has 0 spiro atoms. The van der Waals surface area contributed by atoms with E-state index in [1.54, 1.807) is 0 Å². The zero-order valence-electron chi connectivity index (χ0n) is 17.7. The molecule has 33 heavy (non-hydrogen) atoms. The number of nitrogens with zero attached hydrogens (tertiary/aromatic N) is 2. The molecule has 154 valence electrons.